The summed E-state index contributed by atoms with van der Waals surface area (Å²) in [6.45, 7) is 0. The lowest BCUT2D eigenvalue weighted by molar-refractivity contribution is -0.133. The molecule has 9 heteroatoms. The summed E-state index contributed by atoms with van der Waals surface area (Å²) >= 11 is 10.3. The van der Waals surface area contributed by atoms with Crippen LogP contribution >= 0.6 is 46.5 Å². The van der Waals surface area contributed by atoms with Crippen molar-refractivity contribution in [3.8, 4) is 0 Å². The second-order valence-electron chi connectivity index (χ2n) is 7.90. The lowest BCUT2D eigenvalue weighted by Crippen LogP contribution is -2.58. The van der Waals surface area contributed by atoms with Gasteiger partial charge in [-0.2, -0.15) is 11.3 Å². The molecule has 0 radical (unpaired) electrons. The van der Waals surface area contributed by atoms with Crippen LogP contribution in [0.5, 0.6) is 0 Å². The van der Waals surface area contributed by atoms with Crippen LogP contribution in [0.1, 0.15) is 17.7 Å². The summed E-state index contributed by atoms with van der Waals surface area (Å²) in [7, 11) is 0. The standard InChI is InChI=1S/C26H18ClFN2O2S3/c27-19-4-1-2-5-21(19)35-24-20(31)14-26(30-25(24)32,16-12-13-33-15-16)22-6-3-7-23(29-22)34-18-10-8-17(28)9-11-18/h1-13,15,24H,14H2,(H,30,32). The van der Waals surface area contributed by atoms with Crippen molar-refractivity contribution in [1.82, 2.24) is 10.3 Å². The van der Waals surface area contributed by atoms with Crippen molar-refractivity contribution >= 4 is 58.2 Å². The molecule has 35 heavy (non-hydrogen) atoms. The highest BCUT2D eigenvalue weighted by Crippen LogP contribution is 2.41. The van der Waals surface area contributed by atoms with Gasteiger partial charge >= 0.3 is 0 Å². The number of thiophene rings is 1. The average molecular weight is 541 g/mol. The maximum absolute atomic E-state index is 13.4. The molecule has 4 nitrogen and oxygen atoms in total. The predicted octanol–water partition coefficient (Wildman–Crippen LogP) is 6.58. The maximum atomic E-state index is 13.4. The average Bonchev–Trinajstić information content (AvgIpc) is 3.40. The number of hydrogen-bond acceptors (Lipinski definition) is 6. The molecule has 4 aromatic rings. The molecule has 1 aliphatic rings. The summed E-state index contributed by atoms with van der Waals surface area (Å²) in [5.41, 5.74) is 0.304. The van der Waals surface area contributed by atoms with E-state index >= 15 is 0 Å². The molecule has 2 aromatic heterocycles. The Morgan fingerprint density at radius 3 is 2.54 bits per heavy atom. The molecule has 3 heterocycles. The summed E-state index contributed by atoms with van der Waals surface area (Å²) in [5, 5.41) is 7.24. The predicted molar refractivity (Wildman–Crippen MR) is 139 cm³/mol. The van der Waals surface area contributed by atoms with E-state index in [1.54, 1.807) is 30.3 Å². The Hall–Kier alpha value is -2.65. The van der Waals surface area contributed by atoms with Gasteiger partial charge in [0.2, 0.25) is 5.91 Å². The zero-order valence-electron chi connectivity index (χ0n) is 18.1. The lowest BCUT2D eigenvalue weighted by Gasteiger charge is -2.39. The van der Waals surface area contributed by atoms with E-state index in [0.29, 0.717) is 20.6 Å². The van der Waals surface area contributed by atoms with Crippen molar-refractivity contribution in [1.29, 1.82) is 0 Å². The zero-order chi connectivity index (χ0) is 24.4. The molecule has 0 aliphatic carbocycles. The normalized spacial score (nSPS) is 20.0. The van der Waals surface area contributed by atoms with E-state index < -0.39 is 10.8 Å². The number of rotatable bonds is 6. The topological polar surface area (TPSA) is 59.1 Å². The van der Waals surface area contributed by atoms with Gasteiger partial charge in [0, 0.05) is 16.2 Å². The van der Waals surface area contributed by atoms with E-state index in [9.17, 15) is 14.0 Å². The molecule has 0 bridgehead atoms. The molecule has 1 N–H and O–H groups in total. The molecule has 0 spiro atoms. The second kappa shape index (κ2) is 10.1. The van der Waals surface area contributed by atoms with Crippen molar-refractivity contribution in [3.05, 3.63) is 106 Å². The lowest BCUT2D eigenvalue weighted by atomic mass is 9.79. The number of carbonyl (C=O) groups is 2. The van der Waals surface area contributed by atoms with Gasteiger partial charge in [-0.3, -0.25) is 9.59 Å². The van der Waals surface area contributed by atoms with Gasteiger partial charge in [0.25, 0.3) is 0 Å². The summed E-state index contributed by atoms with van der Waals surface area (Å²) in [6.07, 6.45) is 0.0647. The molecule has 1 aliphatic heterocycles. The summed E-state index contributed by atoms with van der Waals surface area (Å²) in [4.78, 5) is 33.1. The Labute approximate surface area is 219 Å². The van der Waals surface area contributed by atoms with E-state index in [4.69, 9.17) is 16.6 Å². The Balaban J connectivity index is 1.48. The van der Waals surface area contributed by atoms with Gasteiger partial charge in [-0.1, -0.05) is 41.6 Å². The minimum Gasteiger partial charge on any atom is -0.339 e. The largest absolute Gasteiger partial charge is 0.339 e. The van der Waals surface area contributed by atoms with Crippen LogP contribution in [0.3, 0.4) is 0 Å². The van der Waals surface area contributed by atoms with Gasteiger partial charge < -0.3 is 5.32 Å². The van der Waals surface area contributed by atoms with Gasteiger partial charge in [-0.05, 0) is 70.9 Å². The van der Waals surface area contributed by atoms with Crippen LogP contribution in [-0.4, -0.2) is 21.9 Å². The summed E-state index contributed by atoms with van der Waals surface area (Å²) in [6, 6.07) is 20.8. The summed E-state index contributed by atoms with van der Waals surface area (Å²) in [5.74, 6) is -0.876. The minimum absolute atomic E-state index is 0.0647. The van der Waals surface area contributed by atoms with Crippen molar-refractivity contribution in [2.24, 2.45) is 0 Å². The molecular formula is C26H18ClFN2O2S3. The van der Waals surface area contributed by atoms with Gasteiger partial charge in [0.1, 0.15) is 21.6 Å². The van der Waals surface area contributed by atoms with E-state index in [1.165, 1.54) is 35.2 Å². The number of piperidine rings is 1. The Morgan fingerprint density at radius 1 is 1.03 bits per heavy atom. The fraction of sp³-hybridized carbons (Fsp3) is 0.115. The molecular weight excluding hydrogens is 523 g/mol. The highest BCUT2D eigenvalue weighted by Gasteiger charge is 2.48. The van der Waals surface area contributed by atoms with Gasteiger partial charge in [0.15, 0.2) is 5.78 Å². The number of carbonyl (C=O) groups excluding carboxylic acids is 2. The molecule has 1 saturated heterocycles. The first-order valence-corrected chi connectivity index (χ1v) is 13.7. The Bertz CT molecular complexity index is 1360. The molecule has 0 saturated carbocycles. The van der Waals surface area contributed by atoms with E-state index in [1.807, 2.05) is 41.1 Å². The molecule has 176 valence electrons. The van der Waals surface area contributed by atoms with Crippen LogP contribution in [0.4, 0.5) is 4.39 Å². The quantitative estimate of drug-likeness (QED) is 0.280. The van der Waals surface area contributed by atoms with Gasteiger partial charge in [-0.25, -0.2) is 9.37 Å². The van der Waals surface area contributed by atoms with Crippen molar-refractivity contribution in [2.45, 2.75) is 32.0 Å². The number of amides is 1. The monoisotopic (exact) mass is 540 g/mol. The third-order valence-corrected chi connectivity index (χ3v) is 8.99. The number of pyridine rings is 1. The maximum Gasteiger partial charge on any atom is 0.242 e. The first kappa shape index (κ1) is 24.1. The number of Topliss-reactive ketones (excluding diaryl/α,β-unsaturated/α-hetero) is 1. The Morgan fingerprint density at radius 2 is 1.83 bits per heavy atom. The number of thioether (sulfide) groups is 1. The van der Waals surface area contributed by atoms with Crippen LogP contribution in [0.15, 0.2) is 98.4 Å². The fourth-order valence-corrected chi connectivity index (χ4v) is 6.70. The molecule has 2 unspecified atom stereocenters. The number of halogens is 2. The Kier molecular flexibility index (Phi) is 6.98. The van der Waals surface area contributed by atoms with Crippen molar-refractivity contribution in [3.63, 3.8) is 0 Å². The highest BCUT2D eigenvalue weighted by atomic mass is 35.5. The van der Waals surface area contributed by atoms with Crippen LogP contribution in [-0.2, 0) is 15.1 Å². The minimum atomic E-state index is -1.08. The number of benzene rings is 2. The molecule has 5 rings (SSSR count). The second-order valence-corrected chi connectivity index (χ2v) is 11.3. The molecule has 2 aromatic carbocycles. The van der Waals surface area contributed by atoms with E-state index in [0.717, 1.165) is 22.2 Å². The van der Waals surface area contributed by atoms with Crippen LogP contribution < -0.4 is 5.32 Å². The molecule has 2 atom stereocenters. The first-order chi connectivity index (χ1) is 16.9. The van der Waals surface area contributed by atoms with Gasteiger partial charge in [-0.15, -0.1) is 11.8 Å². The highest BCUT2D eigenvalue weighted by molar-refractivity contribution is 8.01. The number of nitrogens with one attached hydrogen (secondary N) is 1. The number of ketones is 1. The SMILES string of the molecule is O=C1CC(c2ccsc2)(c2cccc(Sc3ccc(F)cc3)n2)NC(=O)C1Sc1ccccc1Cl. The van der Waals surface area contributed by atoms with E-state index in [2.05, 4.69) is 5.32 Å². The third-order valence-electron chi connectivity index (χ3n) is 5.60. The number of aromatic nitrogens is 1. The van der Waals surface area contributed by atoms with E-state index in [-0.39, 0.29) is 23.9 Å². The van der Waals surface area contributed by atoms with Crippen LogP contribution in [0.2, 0.25) is 5.02 Å². The van der Waals surface area contributed by atoms with Crippen molar-refractivity contribution in [2.75, 3.05) is 0 Å². The molecule has 1 amide bonds. The van der Waals surface area contributed by atoms with Crippen LogP contribution in [0, 0.1) is 5.82 Å². The first-order valence-electron chi connectivity index (χ1n) is 10.6. The van der Waals surface area contributed by atoms with Crippen LogP contribution in [0.25, 0.3) is 0 Å². The molecule has 1 fully saturated rings. The number of hydrogen-bond donors (Lipinski definition) is 1. The smallest absolute Gasteiger partial charge is 0.242 e. The zero-order valence-corrected chi connectivity index (χ0v) is 21.3. The van der Waals surface area contributed by atoms with Crippen molar-refractivity contribution < 1.29 is 14.0 Å². The fourth-order valence-electron chi connectivity index (χ4n) is 3.92. The summed E-state index contributed by atoms with van der Waals surface area (Å²) < 4.78 is 13.3. The third kappa shape index (κ3) is 5.02. The number of nitrogens with zero attached hydrogens (tertiary/aromatic N) is 1. The van der Waals surface area contributed by atoms with Gasteiger partial charge in [0.05, 0.1) is 10.7 Å².